The zero-order chi connectivity index (χ0) is 14.5. The van der Waals surface area contributed by atoms with E-state index in [0.29, 0.717) is 42.8 Å². The van der Waals surface area contributed by atoms with E-state index in [-0.39, 0.29) is 24.4 Å². The number of carbonyl (C=O) groups excluding carboxylic acids is 1. The van der Waals surface area contributed by atoms with Gasteiger partial charge in [-0.3, -0.25) is 4.99 Å². The summed E-state index contributed by atoms with van der Waals surface area (Å²) in [6.45, 7) is 9.03. The fourth-order valence-corrected chi connectivity index (χ4v) is 1.68. The van der Waals surface area contributed by atoms with Gasteiger partial charge in [0, 0.05) is 12.1 Å². The van der Waals surface area contributed by atoms with Crippen LogP contribution in [0, 0.1) is 0 Å². The van der Waals surface area contributed by atoms with Crippen molar-refractivity contribution in [3.05, 3.63) is 12.2 Å². The summed E-state index contributed by atoms with van der Waals surface area (Å²) in [5.74, 6) is -0.353. The average Bonchev–Trinajstić information content (AvgIpc) is 2.72. The molecule has 0 unspecified atom stereocenters. The molecule has 0 bridgehead atoms. The van der Waals surface area contributed by atoms with Crippen LogP contribution in [0.5, 0.6) is 0 Å². The van der Waals surface area contributed by atoms with E-state index in [1.807, 2.05) is 14.1 Å². The van der Waals surface area contributed by atoms with Crippen molar-refractivity contribution in [3.8, 4) is 0 Å². The van der Waals surface area contributed by atoms with Gasteiger partial charge in [0.25, 0.3) is 0 Å². The lowest BCUT2D eigenvalue weighted by molar-refractivity contribution is -0.889. The first-order valence-corrected chi connectivity index (χ1v) is 6.43. The van der Waals surface area contributed by atoms with Crippen LogP contribution in [0.25, 0.3) is 0 Å². The van der Waals surface area contributed by atoms with E-state index in [2.05, 4.69) is 11.6 Å². The zero-order valence-electron chi connectivity index (χ0n) is 12.4. The molecule has 0 aliphatic carbocycles. The Labute approximate surface area is 126 Å². The average molecular weight is 306 g/mol. The largest absolute Gasteiger partial charge is 0.846 e. The molecule has 7 heteroatoms. The number of carbonyl (C=O) groups is 1. The van der Waals surface area contributed by atoms with Gasteiger partial charge >= 0.3 is 5.97 Å². The Morgan fingerprint density at radius 1 is 1.50 bits per heavy atom. The summed E-state index contributed by atoms with van der Waals surface area (Å²) in [5, 5.41) is 11.3. The minimum atomic E-state index is -0.353. The number of nitrogens with zero attached hydrogens (tertiary/aromatic N) is 3. The quantitative estimate of drug-likeness (QED) is 0.366. The van der Waals surface area contributed by atoms with Gasteiger partial charge < -0.3 is 19.2 Å². The summed E-state index contributed by atoms with van der Waals surface area (Å²) in [7, 11) is 4.10. The van der Waals surface area contributed by atoms with Crippen LogP contribution in [-0.4, -0.2) is 74.8 Å². The van der Waals surface area contributed by atoms with Crippen molar-refractivity contribution in [2.75, 3.05) is 53.4 Å². The molecule has 6 nitrogen and oxygen atoms in total. The van der Waals surface area contributed by atoms with Crippen LogP contribution in [-0.2, 0) is 9.53 Å². The molecule has 0 aromatic carbocycles. The van der Waals surface area contributed by atoms with E-state index in [1.54, 1.807) is 11.8 Å². The minimum absolute atomic E-state index is 0. The summed E-state index contributed by atoms with van der Waals surface area (Å²) >= 11 is 0. The molecular weight excluding hydrogens is 282 g/mol. The third-order valence-electron chi connectivity index (χ3n) is 3.14. The molecule has 0 atom stereocenters. The van der Waals surface area contributed by atoms with Gasteiger partial charge in [-0.15, -0.1) is 12.4 Å². The van der Waals surface area contributed by atoms with Crippen molar-refractivity contribution >= 4 is 24.4 Å². The SMILES string of the molecule is C=C(C)C(=O)OCC[N+](C)(C)CCN1CCN=C1[O-].Cl. The second-order valence-corrected chi connectivity index (χ2v) is 5.45. The molecule has 0 saturated heterocycles. The van der Waals surface area contributed by atoms with E-state index in [0.717, 1.165) is 6.54 Å². The minimum Gasteiger partial charge on any atom is -0.846 e. The fourth-order valence-electron chi connectivity index (χ4n) is 1.68. The monoisotopic (exact) mass is 305 g/mol. The van der Waals surface area contributed by atoms with Gasteiger partial charge in [0.05, 0.1) is 39.8 Å². The highest BCUT2D eigenvalue weighted by atomic mass is 35.5. The van der Waals surface area contributed by atoms with Crippen molar-refractivity contribution in [1.82, 2.24) is 4.90 Å². The maximum Gasteiger partial charge on any atom is 0.333 e. The Morgan fingerprint density at radius 3 is 2.65 bits per heavy atom. The summed E-state index contributed by atoms with van der Waals surface area (Å²) in [6.07, 6.45) is 0. The van der Waals surface area contributed by atoms with E-state index in [9.17, 15) is 9.90 Å². The van der Waals surface area contributed by atoms with Gasteiger partial charge in [0.1, 0.15) is 13.2 Å². The number of amidine groups is 1. The molecule has 0 N–H and O–H groups in total. The molecule has 0 amide bonds. The van der Waals surface area contributed by atoms with Gasteiger partial charge in [-0.2, -0.15) is 0 Å². The van der Waals surface area contributed by atoms with Crippen LogP contribution in [0.1, 0.15) is 6.92 Å². The van der Waals surface area contributed by atoms with Crippen LogP contribution in [0.15, 0.2) is 17.1 Å². The van der Waals surface area contributed by atoms with Gasteiger partial charge in [-0.1, -0.05) is 6.58 Å². The van der Waals surface area contributed by atoms with Gasteiger partial charge in [0.15, 0.2) is 0 Å². The highest BCUT2D eigenvalue weighted by Gasteiger charge is 2.19. The summed E-state index contributed by atoms with van der Waals surface area (Å²) in [4.78, 5) is 16.8. The first kappa shape index (κ1) is 18.7. The number of likely N-dealkylation sites (N-methyl/N-ethyl adjacent to an activating group) is 1. The predicted octanol–water partition coefficient (Wildman–Crippen LogP) is -0.364. The van der Waals surface area contributed by atoms with Gasteiger partial charge in [-0.05, 0) is 6.92 Å². The molecule has 1 aliphatic rings. The number of hydrogen-bond donors (Lipinski definition) is 0. The van der Waals surface area contributed by atoms with Crippen LogP contribution in [0.3, 0.4) is 0 Å². The smallest absolute Gasteiger partial charge is 0.333 e. The van der Waals surface area contributed by atoms with Crippen LogP contribution in [0.2, 0.25) is 0 Å². The molecule has 0 radical (unpaired) electrons. The number of aliphatic imine (C=N–C) groups is 1. The van der Waals surface area contributed by atoms with Crippen LogP contribution in [0.4, 0.5) is 0 Å². The molecule has 20 heavy (non-hydrogen) atoms. The number of rotatable bonds is 7. The lowest BCUT2D eigenvalue weighted by atomic mass is 10.3. The van der Waals surface area contributed by atoms with Crippen molar-refractivity contribution in [1.29, 1.82) is 0 Å². The maximum absolute atomic E-state index is 11.3. The second-order valence-electron chi connectivity index (χ2n) is 5.45. The lowest BCUT2D eigenvalue weighted by Crippen LogP contribution is -2.49. The number of esters is 1. The van der Waals surface area contributed by atoms with E-state index < -0.39 is 0 Å². The molecule has 0 aromatic heterocycles. The third kappa shape index (κ3) is 6.25. The number of halogens is 1. The molecule has 1 heterocycles. The first-order valence-electron chi connectivity index (χ1n) is 6.43. The standard InChI is InChI=1S/C13H23N3O3.ClH/c1-11(2)12(17)19-10-9-16(3,4)8-7-15-6-5-14-13(15)18;/h1,5-10H2,2-4H3;1H. The summed E-state index contributed by atoms with van der Waals surface area (Å²) in [6, 6.07) is -0.117. The zero-order valence-corrected chi connectivity index (χ0v) is 13.2. The molecule has 0 fully saturated rings. The Kier molecular flexibility index (Phi) is 7.60. The van der Waals surface area contributed by atoms with Crippen molar-refractivity contribution < 1.29 is 19.1 Å². The second kappa shape index (κ2) is 8.11. The Bertz CT molecular complexity index is 383. The predicted molar refractivity (Wildman–Crippen MR) is 78.7 cm³/mol. The molecule has 116 valence electrons. The lowest BCUT2D eigenvalue weighted by Gasteiger charge is -2.33. The Balaban J connectivity index is 0.00000361. The third-order valence-corrected chi connectivity index (χ3v) is 3.14. The first-order chi connectivity index (χ1) is 8.82. The fraction of sp³-hybridized carbons (Fsp3) is 0.692. The van der Waals surface area contributed by atoms with E-state index in [1.165, 1.54) is 0 Å². The van der Waals surface area contributed by atoms with Gasteiger partial charge in [-0.25, -0.2) is 4.79 Å². The number of hydrogen-bond acceptors (Lipinski definition) is 5. The molecule has 0 saturated carbocycles. The van der Waals surface area contributed by atoms with Crippen LogP contribution >= 0.6 is 12.4 Å². The highest BCUT2D eigenvalue weighted by Crippen LogP contribution is 2.02. The molecular formula is C13H24ClN3O3. The van der Waals surface area contributed by atoms with Crippen molar-refractivity contribution in [3.63, 3.8) is 0 Å². The van der Waals surface area contributed by atoms with Crippen molar-refractivity contribution in [2.45, 2.75) is 6.92 Å². The topological polar surface area (TPSA) is 65.0 Å². The molecule has 1 aliphatic heterocycles. The molecule has 0 aromatic rings. The molecule has 1 rings (SSSR count). The summed E-state index contributed by atoms with van der Waals surface area (Å²) < 4.78 is 5.77. The van der Waals surface area contributed by atoms with Crippen LogP contribution < -0.4 is 5.11 Å². The highest BCUT2D eigenvalue weighted by molar-refractivity contribution is 5.86. The Morgan fingerprint density at radius 2 is 2.15 bits per heavy atom. The normalized spacial score (nSPS) is 14.6. The number of quaternary nitrogens is 1. The van der Waals surface area contributed by atoms with E-state index >= 15 is 0 Å². The molecule has 0 spiro atoms. The van der Waals surface area contributed by atoms with Crippen molar-refractivity contribution in [2.24, 2.45) is 4.99 Å². The summed E-state index contributed by atoms with van der Waals surface area (Å²) in [5.41, 5.74) is 0.412. The van der Waals surface area contributed by atoms with E-state index in [4.69, 9.17) is 4.74 Å². The number of ether oxygens (including phenoxy) is 1. The maximum atomic E-state index is 11.3. The van der Waals surface area contributed by atoms with Gasteiger partial charge in [0.2, 0.25) is 0 Å². The Hall–Kier alpha value is -1.27.